The maximum atomic E-state index is 12.2. The lowest BCUT2D eigenvalue weighted by Gasteiger charge is -2.03. The van der Waals surface area contributed by atoms with Gasteiger partial charge in [-0.3, -0.25) is 4.79 Å². The fourth-order valence-electron chi connectivity index (χ4n) is 2.83. The van der Waals surface area contributed by atoms with Gasteiger partial charge in [-0.05, 0) is 54.6 Å². The van der Waals surface area contributed by atoms with E-state index in [1.165, 1.54) is 13.0 Å². The summed E-state index contributed by atoms with van der Waals surface area (Å²) in [5, 5.41) is 3.70. The first-order valence-corrected chi connectivity index (χ1v) is 9.60. The van der Waals surface area contributed by atoms with E-state index in [1.807, 2.05) is 0 Å². The lowest BCUT2D eigenvalue weighted by Crippen LogP contribution is -2.07. The van der Waals surface area contributed by atoms with Crippen molar-refractivity contribution in [3.05, 3.63) is 81.7 Å². The van der Waals surface area contributed by atoms with Gasteiger partial charge in [0.2, 0.25) is 11.8 Å². The number of halogens is 2. The van der Waals surface area contributed by atoms with Crippen molar-refractivity contribution < 1.29 is 18.7 Å². The van der Waals surface area contributed by atoms with Crippen LogP contribution in [0.2, 0.25) is 10.0 Å². The summed E-state index contributed by atoms with van der Waals surface area (Å²) >= 11 is 12.2. The number of cyclic esters (lactones) is 1. The van der Waals surface area contributed by atoms with Gasteiger partial charge in [-0.15, -0.1) is 0 Å². The summed E-state index contributed by atoms with van der Waals surface area (Å²) in [6.45, 7) is 1.42. The van der Waals surface area contributed by atoms with Crippen LogP contribution in [0, 0.1) is 0 Å². The number of nitrogens with one attached hydrogen (secondary N) is 1. The largest absolute Gasteiger partial charge is 0.457 e. The number of hydrogen-bond acceptors (Lipinski definition) is 5. The van der Waals surface area contributed by atoms with Crippen LogP contribution in [0.4, 0.5) is 5.69 Å². The van der Waals surface area contributed by atoms with Crippen LogP contribution in [-0.4, -0.2) is 17.8 Å². The van der Waals surface area contributed by atoms with E-state index in [2.05, 4.69) is 10.3 Å². The van der Waals surface area contributed by atoms with E-state index < -0.39 is 5.97 Å². The molecule has 150 valence electrons. The zero-order valence-electron chi connectivity index (χ0n) is 15.6. The number of carbonyl (C=O) groups excluding carboxylic acids is 2. The van der Waals surface area contributed by atoms with Crippen molar-refractivity contribution in [3.63, 3.8) is 0 Å². The summed E-state index contributed by atoms with van der Waals surface area (Å²) in [5.74, 6) is 0.340. The van der Waals surface area contributed by atoms with Gasteiger partial charge in [0.25, 0.3) is 0 Å². The summed E-state index contributed by atoms with van der Waals surface area (Å²) in [6, 6.07) is 15.3. The zero-order valence-corrected chi connectivity index (χ0v) is 17.1. The monoisotopic (exact) mass is 440 g/mol. The number of hydrogen-bond donors (Lipinski definition) is 1. The average molecular weight is 441 g/mol. The second kappa shape index (κ2) is 8.18. The van der Waals surface area contributed by atoms with Crippen LogP contribution in [0.5, 0.6) is 0 Å². The molecule has 1 aliphatic rings. The predicted molar refractivity (Wildman–Crippen MR) is 116 cm³/mol. The van der Waals surface area contributed by atoms with Gasteiger partial charge < -0.3 is 14.5 Å². The first-order valence-electron chi connectivity index (χ1n) is 8.85. The van der Waals surface area contributed by atoms with Crippen LogP contribution in [-0.2, 0) is 14.3 Å². The number of furan rings is 1. The van der Waals surface area contributed by atoms with Crippen LogP contribution in [0.1, 0.15) is 18.2 Å². The zero-order chi connectivity index (χ0) is 21.3. The summed E-state index contributed by atoms with van der Waals surface area (Å²) in [5.41, 5.74) is 1.99. The molecule has 1 N–H and O–H groups in total. The number of anilines is 1. The molecule has 8 heteroatoms. The van der Waals surface area contributed by atoms with Crippen molar-refractivity contribution in [2.75, 3.05) is 5.32 Å². The van der Waals surface area contributed by atoms with Crippen LogP contribution < -0.4 is 5.32 Å². The number of aliphatic imine (C=N–C) groups is 1. The Balaban J connectivity index is 1.58. The summed E-state index contributed by atoms with van der Waals surface area (Å²) in [6.07, 6.45) is 1.49. The Bertz CT molecular complexity index is 1210. The third-order valence-corrected chi connectivity index (χ3v) is 4.74. The number of nitrogens with zero attached hydrogens (tertiary/aromatic N) is 1. The van der Waals surface area contributed by atoms with Crippen LogP contribution >= 0.6 is 23.2 Å². The fraction of sp³-hybridized carbons (Fsp3) is 0.0455. The maximum Gasteiger partial charge on any atom is 0.363 e. The minimum Gasteiger partial charge on any atom is -0.457 e. The van der Waals surface area contributed by atoms with E-state index in [4.69, 9.17) is 32.4 Å². The molecule has 1 aromatic heterocycles. The molecule has 2 aromatic carbocycles. The molecule has 0 radical (unpaired) electrons. The Morgan fingerprint density at radius 1 is 1.07 bits per heavy atom. The normalized spacial score (nSPS) is 14.6. The number of ether oxygens (including phenoxy) is 1. The number of amides is 1. The number of rotatable bonds is 4. The third kappa shape index (κ3) is 4.30. The Labute approximate surface area is 181 Å². The molecule has 2 heterocycles. The maximum absolute atomic E-state index is 12.2. The molecular weight excluding hydrogens is 427 g/mol. The van der Waals surface area contributed by atoms with Gasteiger partial charge >= 0.3 is 5.97 Å². The van der Waals surface area contributed by atoms with Crippen LogP contribution in [0.25, 0.3) is 17.4 Å². The molecule has 0 fully saturated rings. The van der Waals surface area contributed by atoms with Crippen molar-refractivity contribution in [3.8, 4) is 11.3 Å². The highest BCUT2D eigenvalue weighted by Crippen LogP contribution is 2.32. The molecule has 0 spiro atoms. The highest BCUT2D eigenvalue weighted by molar-refractivity contribution is 6.35. The van der Waals surface area contributed by atoms with E-state index in [0.29, 0.717) is 38.4 Å². The lowest BCUT2D eigenvalue weighted by atomic mass is 10.2. The number of carbonyl (C=O) groups is 2. The molecule has 30 heavy (non-hydrogen) atoms. The minimum atomic E-state index is -0.588. The van der Waals surface area contributed by atoms with Gasteiger partial charge in [-0.1, -0.05) is 23.2 Å². The first kappa shape index (κ1) is 19.9. The van der Waals surface area contributed by atoms with Crippen LogP contribution in [0.15, 0.2) is 69.7 Å². The second-order valence-electron chi connectivity index (χ2n) is 6.42. The molecule has 0 bridgehead atoms. The molecule has 1 amide bonds. The first-order chi connectivity index (χ1) is 14.4. The van der Waals surface area contributed by atoms with Crippen molar-refractivity contribution in [1.82, 2.24) is 0 Å². The highest BCUT2D eigenvalue weighted by Gasteiger charge is 2.24. The van der Waals surface area contributed by atoms with E-state index in [0.717, 1.165) is 0 Å². The van der Waals surface area contributed by atoms with E-state index in [-0.39, 0.29) is 17.5 Å². The smallest absolute Gasteiger partial charge is 0.363 e. The Kier molecular flexibility index (Phi) is 5.44. The molecule has 0 saturated carbocycles. The highest BCUT2D eigenvalue weighted by atomic mass is 35.5. The van der Waals surface area contributed by atoms with Gasteiger partial charge in [-0.2, -0.15) is 0 Å². The summed E-state index contributed by atoms with van der Waals surface area (Å²) < 4.78 is 11.0. The van der Waals surface area contributed by atoms with E-state index in [9.17, 15) is 9.59 Å². The van der Waals surface area contributed by atoms with Crippen LogP contribution in [0.3, 0.4) is 0 Å². The SMILES string of the molecule is CC(=O)Nc1ccc(C2=N/C(=C\c3ccc(-c4cc(Cl)ccc4Cl)o3)C(=O)O2)cc1. The van der Waals surface area contributed by atoms with Crippen molar-refractivity contribution in [1.29, 1.82) is 0 Å². The standard InChI is InChI=1S/C22H14Cl2N2O4/c1-12(27)25-15-5-2-13(3-6-15)21-26-19(22(28)30-21)11-16-7-9-20(29-16)17-10-14(23)4-8-18(17)24/h2-11H,1H3,(H,25,27)/b19-11-. The Hall–Kier alpha value is -3.35. The van der Waals surface area contributed by atoms with Crippen molar-refractivity contribution >= 4 is 52.7 Å². The third-order valence-electron chi connectivity index (χ3n) is 4.17. The molecule has 0 aliphatic carbocycles. The van der Waals surface area contributed by atoms with Gasteiger partial charge in [0.1, 0.15) is 11.5 Å². The van der Waals surface area contributed by atoms with Gasteiger partial charge in [-0.25, -0.2) is 9.79 Å². The molecule has 4 rings (SSSR count). The molecule has 3 aromatic rings. The minimum absolute atomic E-state index is 0.106. The quantitative estimate of drug-likeness (QED) is 0.425. The molecule has 0 unspecified atom stereocenters. The average Bonchev–Trinajstić information content (AvgIpc) is 3.31. The summed E-state index contributed by atoms with van der Waals surface area (Å²) in [7, 11) is 0. The van der Waals surface area contributed by atoms with Crippen molar-refractivity contribution in [2.24, 2.45) is 4.99 Å². The number of benzene rings is 2. The fourth-order valence-corrected chi connectivity index (χ4v) is 3.21. The Morgan fingerprint density at radius 3 is 2.57 bits per heavy atom. The Morgan fingerprint density at radius 2 is 1.83 bits per heavy atom. The van der Waals surface area contributed by atoms with E-state index in [1.54, 1.807) is 54.6 Å². The number of esters is 1. The second-order valence-corrected chi connectivity index (χ2v) is 7.26. The predicted octanol–water partition coefficient (Wildman–Crippen LogP) is 5.56. The van der Waals surface area contributed by atoms with Gasteiger partial charge in [0, 0.05) is 34.8 Å². The lowest BCUT2D eigenvalue weighted by molar-refractivity contribution is -0.130. The molecule has 0 saturated heterocycles. The molecule has 0 atom stereocenters. The van der Waals surface area contributed by atoms with Crippen molar-refractivity contribution in [2.45, 2.75) is 6.92 Å². The van der Waals surface area contributed by atoms with Gasteiger partial charge in [0.05, 0.1) is 5.02 Å². The van der Waals surface area contributed by atoms with Gasteiger partial charge in [0.15, 0.2) is 5.70 Å². The summed E-state index contributed by atoms with van der Waals surface area (Å²) in [4.78, 5) is 27.6. The molecular formula is C22H14Cl2N2O4. The molecule has 1 aliphatic heterocycles. The topological polar surface area (TPSA) is 80.9 Å². The molecule has 6 nitrogen and oxygen atoms in total. The van der Waals surface area contributed by atoms with E-state index >= 15 is 0 Å².